The zero-order valence-electron chi connectivity index (χ0n) is 14.1. The molecule has 1 saturated heterocycles. The minimum atomic E-state index is -0.297. The van der Waals surface area contributed by atoms with E-state index in [1.54, 1.807) is 16.8 Å². The van der Waals surface area contributed by atoms with Crippen molar-refractivity contribution in [2.45, 2.75) is 30.6 Å². The molecule has 1 aliphatic heterocycles. The van der Waals surface area contributed by atoms with E-state index in [2.05, 4.69) is 46.7 Å². The SMILES string of the molecule is O=C(CSc1nnnn1CC1CCCO1)Nc1cc2[nH]c(=O)[nH]c2cc1Br. The van der Waals surface area contributed by atoms with Crippen LogP contribution < -0.4 is 11.0 Å². The van der Waals surface area contributed by atoms with Gasteiger partial charge in [0, 0.05) is 11.1 Å². The molecule has 3 heterocycles. The maximum Gasteiger partial charge on any atom is 0.323 e. The summed E-state index contributed by atoms with van der Waals surface area (Å²) >= 11 is 4.66. The van der Waals surface area contributed by atoms with E-state index in [9.17, 15) is 9.59 Å². The lowest BCUT2D eigenvalue weighted by atomic mass is 10.2. The number of carbonyl (C=O) groups is 1. The first-order chi connectivity index (χ1) is 13.1. The molecule has 0 bridgehead atoms. The van der Waals surface area contributed by atoms with Crippen molar-refractivity contribution in [1.29, 1.82) is 0 Å². The normalized spacial score (nSPS) is 16.9. The average Bonchev–Trinajstić information content (AvgIpc) is 3.35. The standard InChI is InChI=1S/C15H16BrN7O3S/c16-9-4-11-12(19-14(25)18-11)5-10(9)17-13(24)7-27-15-20-21-22-23(15)6-8-2-1-3-26-8/h4-5,8H,1-3,6-7H2,(H,17,24)(H2,18,19,25). The molecular weight excluding hydrogens is 438 g/mol. The summed E-state index contributed by atoms with van der Waals surface area (Å²) in [6, 6.07) is 3.43. The number of nitrogens with one attached hydrogen (secondary N) is 3. The van der Waals surface area contributed by atoms with Crippen LogP contribution in [0.2, 0.25) is 0 Å². The number of thioether (sulfide) groups is 1. The Hall–Kier alpha value is -2.18. The molecule has 142 valence electrons. The summed E-state index contributed by atoms with van der Waals surface area (Å²) < 4.78 is 7.94. The van der Waals surface area contributed by atoms with Crippen molar-refractivity contribution in [3.05, 3.63) is 27.1 Å². The van der Waals surface area contributed by atoms with Crippen LogP contribution in [-0.2, 0) is 16.1 Å². The van der Waals surface area contributed by atoms with Gasteiger partial charge in [0.2, 0.25) is 11.1 Å². The monoisotopic (exact) mass is 453 g/mol. The van der Waals surface area contributed by atoms with Gasteiger partial charge in [0.15, 0.2) is 0 Å². The van der Waals surface area contributed by atoms with Crippen LogP contribution >= 0.6 is 27.7 Å². The predicted octanol–water partition coefficient (Wildman–Crippen LogP) is 1.51. The second-order valence-corrected chi connectivity index (χ2v) is 7.87. The third-order valence-electron chi connectivity index (χ3n) is 4.11. The number of halogens is 1. The van der Waals surface area contributed by atoms with Crippen molar-refractivity contribution < 1.29 is 9.53 Å². The van der Waals surface area contributed by atoms with Gasteiger partial charge >= 0.3 is 5.69 Å². The smallest absolute Gasteiger partial charge is 0.323 e. The summed E-state index contributed by atoms with van der Waals surface area (Å²) in [5.41, 5.74) is 1.55. The van der Waals surface area contributed by atoms with Crippen molar-refractivity contribution in [3.63, 3.8) is 0 Å². The molecule has 1 aromatic carbocycles. The minimum Gasteiger partial charge on any atom is -0.376 e. The van der Waals surface area contributed by atoms with E-state index in [1.165, 1.54) is 11.8 Å². The van der Waals surface area contributed by atoms with Crippen molar-refractivity contribution in [3.8, 4) is 0 Å². The van der Waals surface area contributed by atoms with Crippen LogP contribution in [0.3, 0.4) is 0 Å². The molecule has 1 unspecified atom stereocenters. The van der Waals surface area contributed by atoms with Crippen molar-refractivity contribution >= 4 is 50.3 Å². The van der Waals surface area contributed by atoms with E-state index in [-0.39, 0.29) is 23.5 Å². The molecule has 0 aliphatic carbocycles. The Morgan fingerprint density at radius 3 is 3.00 bits per heavy atom. The molecule has 1 aliphatic rings. The van der Waals surface area contributed by atoms with Gasteiger partial charge in [0.05, 0.1) is 35.1 Å². The highest BCUT2D eigenvalue weighted by Gasteiger charge is 2.19. The van der Waals surface area contributed by atoms with E-state index < -0.39 is 0 Å². The Balaban J connectivity index is 1.38. The molecule has 10 nitrogen and oxygen atoms in total. The quantitative estimate of drug-likeness (QED) is 0.482. The van der Waals surface area contributed by atoms with Crippen molar-refractivity contribution in [2.24, 2.45) is 0 Å². The van der Waals surface area contributed by atoms with E-state index in [0.717, 1.165) is 19.4 Å². The van der Waals surface area contributed by atoms with Gasteiger partial charge in [-0.3, -0.25) is 4.79 Å². The number of amides is 1. The molecule has 1 amide bonds. The van der Waals surface area contributed by atoms with Crippen LogP contribution in [0.1, 0.15) is 12.8 Å². The second kappa shape index (κ2) is 7.82. The number of nitrogens with zero attached hydrogens (tertiary/aromatic N) is 4. The molecule has 0 radical (unpaired) electrons. The number of hydrogen-bond acceptors (Lipinski definition) is 7. The van der Waals surface area contributed by atoms with Crippen LogP contribution in [0.4, 0.5) is 5.69 Å². The zero-order chi connectivity index (χ0) is 18.8. The number of rotatable bonds is 6. The Morgan fingerprint density at radius 1 is 1.41 bits per heavy atom. The highest BCUT2D eigenvalue weighted by Crippen LogP contribution is 2.27. The van der Waals surface area contributed by atoms with Crippen LogP contribution in [0.25, 0.3) is 11.0 Å². The van der Waals surface area contributed by atoms with Crippen LogP contribution in [0, 0.1) is 0 Å². The highest BCUT2D eigenvalue weighted by molar-refractivity contribution is 9.10. The molecule has 1 atom stereocenters. The van der Waals surface area contributed by atoms with Crippen LogP contribution in [-0.4, -0.2) is 54.5 Å². The number of benzene rings is 1. The van der Waals surface area contributed by atoms with Crippen molar-refractivity contribution in [2.75, 3.05) is 17.7 Å². The van der Waals surface area contributed by atoms with Gasteiger partial charge in [-0.1, -0.05) is 11.8 Å². The number of tetrazole rings is 1. The zero-order valence-corrected chi connectivity index (χ0v) is 16.5. The van der Waals surface area contributed by atoms with Gasteiger partial charge < -0.3 is 20.0 Å². The first-order valence-corrected chi connectivity index (χ1v) is 10.1. The maximum absolute atomic E-state index is 12.3. The molecule has 2 aromatic heterocycles. The van der Waals surface area contributed by atoms with E-state index in [4.69, 9.17) is 4.74 Å². The fourth-order valence-corrected chi connectivity index (χ4v) is 3.99. The van der Waals surface area contributed by atoms with Gasteiger partial charge in [0.25, 0.3) is 0 Å². The summed E-state index contributed by atoms with van der Waals surface area (Å²) in [5, 5.41) is 15.0. The molecule has 4 rings (SSSR count). The summed E-state index contributed by atoms with van der Waals surface area (Å²) in [6.07, 6.45) is 2.15. The predicted molar refractivity (Wildman–Crippen MR) is 103 cm³/mol. The number of aromatic amines is 2. The Bertz CT molecular complexity index is 1020. The Labute approximate surface area is 165 Å². The number of carbonyl (C=O) groups excluding carboxylic acids is 1. The Kier molecular flexibility index (Phi) is 5.27. The minimum absolute atomic E-state index is 0.118. The van der Waals surface area contributed by atoms with E-state index >= 15 is 0 Å². The molecule has 12 heteroatoms. The largest absolute Gasteiger partial charge is 0.376 e. The van der Waals surface area contributed by atoms with Gasteiger partial charge in [-0.15, -0.1) is 5.10 Å². The summed E-state index contributed by atoms with van der Waals surface area (Å²) in [6.45, 7) is 1.35. The third kappa shape index (κ3) is 4.22. The number of anilines is 1. The third-order valence-corrected chi connectivity index (χ3v) is 5.72. The fourth-order valence-electron chi connectivity index (χ4n) is 2.86. The first-order valence-electron chi connectivity index (χ1n) is 8.30. The Morgan fingerprint density at radius 2 is 2.22 bits per heavy atom. The fraction of sp³-hybridized carbons (Fsp3) is 0.400. The number of aromatic nitrogens is 6. The van der Waals surface area contributed by atoms with Crippen molar-refractivity contribution in [1.82, 2.24) is 30.2 Å². The lowest BCUT2D eigenvalue weighted by molar-refractivity contribution is -0.113. The second-order valence-electron chi connectivity index (χ2n) is 6.07. The summed E-state index contributed by atoms with van der Waals surface area (Å²) in [5.74, 6) is -0.0513. The van der Waals surface area contributed by atoms with E-state index in [0.29, 0.717) is 32.9 Å². The average molecular weight is 454 g/mol. The molecule has 0 saturated carbocycles. The van der Waals surface area contributed by atoms with Gasteiger partial charge in [-0.2, -0.15) is 0 Å². The molecule has 3 N–H and O–H groups in total. The number of imidazole rings is 1. The molecule has 3 aromatic rings. The summed E-state index contributed by atoms with van der Waals surface area (Å²) in [7, 11) is 0. The number of ether oxygens (including phenoxy) is 1. The lowest BCUT2D eigenvalue weighted by Crippen LogP contribution is -2.18. The maximum atomic E-state index is 12.3. The highest BCUT2D eigenvalue weighted by atomic mass is 79.9. The number of fused-ring (bicyclic) bond motifs is 1. The number of H-pyrrole nitrogens is 2. The lowest BCUT2D eigenvalue weighted by Gasteiger charge is -2.10. The topological polar surface area (TPSA) is 131 Å². The van der Waals surface area contributed by atoms with Gasteiger partial charge in [-0.25, -0.2) is 9.48 Å². The van der Waals surface area contributed by atoms with Gasteiger partial charge in [0.1, 0.15) is 0 Å². The molecular formula is C15H16BrN7O3S. The van der Waals surface area contributed by atoms with E-state index in [1.807, 2.05) is 0 Å². The summed E-state index contributed by atoms with van der Waals surface area (Å²) in [4.78, 5) is 29.0. The number of hydrogen-bond donors (Lipinski definition) is 3. The molecule has 0 spiro atoms. The molecule has 27 heavy (non-hydrogen) atoms. The first kappa shape index (κ1) is 18.2. The molecule has 1 fully saturated rings. The van der Waals surface area contributed by atoms with Gasteiger partial charge in [-0.05, 0) is 51.3 Å². The van der Waals surface area contributed by atoms with Crippen LogP contribution in [0.5, 0.6) is 0 Å². The van der Waals surface area contributed by atoms with Crippen LogP contribution in [0.15, 0.2) is 26.6 Å².